The number of aromatic nitrogens is 2. The lowest BCUT2D eigenvalue weighted by atomic mass is 9.73. The van der Waals surface area contributed by atoms with Crippen LogP contribution in [-0.2, 0) is 20.7 Å². The Bertz CT molecular complexity index is 1090. The molecule has 3 aliphatic rings. The van der Waals surface area contributed by atoms with Gasteiger partial charge in [-0.05, 0) is 57.1 Å². The maximum Gasteiger partial charge on any atom is 0.337 e. The summed E-state index contributed by atoms with van der Waals surface area (Å²) in [5, 5.41) is 0. The van der Waals surface area contributed by atoms with Crippen LogP contribution in [0.4, 0.5) is 0 Å². The molecule has 0 radical (unpaired) electrons. The fraction of sp³-hybridized carbons (Fsp3) is 0.567. The highest BCUT2D eigenvalue weighted by atomic mass is 16.6. The maximum absolute atomic E-state index is 14.1. The fourth-order valence-electron chi connectivity index (χ4n) is 5.93. The van der Waals surface area contributed by atoms with Gasteiger partial charge in [-0.1, -0.05) is 69.9 Å². The van der Waals surface area contributed by atoms with Gasteiger partial charge in [-0.2, -0.15) is 0 Å². The number of aryl methyl sites for hydroxylation is 1. The minimum absolute atomic E-state index is 0.202. The summed E-state index contributed by atoms with van der Waals surface area (Å²) in [6, 6.07) is -0.329. The molecule has 2 unspecified atom stereocenters. The van der Waals surface area contributed by atoms with Crippen LogP contribution in [0.25, 0.3) is 0 Å². The summed E-state index contributed by atoms with van der Waals surface area (Å²) in [6.07, 6.45) is 19.5. The van der Waals surface area contributed by atoms with Crippen LogP contribution in [0.5, 0.6) is 5.88 Å². The quantitative estimate of drug-likeness (QED) is 0.209. The molecule has 0 N–H and O–H groups in total. The minimum Gasteiger partial charge on any atom is -0.459 e. The molecule has 0 aliphatic heterocycles. The van der Waals surface area contributed by atoms with E-state index in [1.54, 1.807) is 12.3 Å². The summed E-state index contributed by atoms with van der Waals surface area (Å²) < 4.78 is 13.8. The molecule has 1 aromatic heterocycles. The van der Waals surface area contributed by atoms with Gasteiger partial charge in [-0.3, -0.25) is 9.36 Å². The van der Waals surface area contributed by atoms with Crippen LogP contribution in [-0.4, -0.2) is 27.1 Å². The van der Waals surface area contributed by atoms with Crippen LogP contribution >= 0.6 is 0 Å². The molecule has 2 bridgehead atoms. The molecule has 1 fully saturated rings. The van der Waals surface area contributed by atoms with Gasteiger partial charge in [0.1, 0.15) is 16.8 Å². The fourth-order valence-corrected chi connectivity index (χ4v) is 5.93. The van der Waals surface area contributed by atoms with Crippen molar-refractivity contribution in [2.24, 2.45) is 11.3 Å². The third kappa shape index (κ3) is 5.14. The van der Waals surface area contributed by atoms with Gasteiger partial charge in [0.25, 0.3) is 0 Å². The van der Waals surface area contributed by atoms with Gasteiger partial charge in [-0.15, -0.1) is 0 Å². The Morgan fingerprint density at radius 3 is 2.69 bits per heavy atom. The van der Waals surface area contributed by atoms with E-state index >= 15 is 0 Å². The van der Waals surface area contributed by atoms with Crippen molar-refractivity contribution in [3.63, 3.8) is 0 Å². The summed E-state index contributed by atoms with van der Waals surface area (Å²) in [5.41, 5.74) is 0.796. The molecule has 2 atom stereocenters. The second-order valence-electron chi connectivity index (χ2n) is 11.3. The predicted octanol–water partition coefficient (Wildman–Crippen LogP) is 6.59. The zero-order valence-electron chi connectivity index (χ0n) is 22.2. The summed E-state index contributed by atoms with van der Waals surface area (Å²) >= 11 is 0. The van der Waals surface area contributed by atoms with E-state index in [-0.39, 0.29) is 12.0 Å². The number of carbonyl (C=O) groups is 2. The van der Waals surface area contributed by atoms with Crippen molar-refractivity contribution >= 4 is 11.9 Å². The van der Waals surface area contributed by atoms with E-state index in [4.69, 9.17) is 9.47 Å². The lowest BCUT2D eigenvalue weighted by molar-refractivity contribution is -0.166. The number of fused-ring (bicyclic) bond motifs is 2. The van der Waals surface area contributed by atoms with Crippen LogP contribution in [0.2, 0.25) is 0 Å². The first-order valence-electron chi connectivity index (χ1n) is 13.4. The van der Waals surface area contributed by atoms with E-state index in [1.165, 1.54) is 37.8 Å². The van der Waals surface area contributed by atoms with Crippen LogP contribution in [0.3, 0.4) is 0 Å². The standard InChI is InChI=1S/C30H40N2O4/c1-6-8-14-24-31-20-25(35-26(33)15-9-7-2)32(24)27-22-16-17-30(27,28(34)36-29(3,4)5)23(19-22)18-21-12-10-11-13-21/h7,9,15-16,19-21,27H,2,6,8,10-14,17-18H2,1,3-5H3. The van der Waals surface area contributed by atoms with Gasteiger partial charge in [0.05, 0.1) is 12.2 Å². The van der Waals surface area contributed by atoms with Crippen LogP contribution < -0.4 is 4.74 Å². The smallest absolute Gasteiger partial charge is 0.337 e. The van der Waals surface area contributed by atoms with Crippen molar-refractivity contribution in [2.45, 2.75) is 97.1 Å². The molecule has 6 heteroatoms. The average molecular weight is 493 g/mol. The SMILES string of the molecule is C=CC=CC(=O)Oc1cnc(CCCC)n1C1C2=CCC1(C(=O)OC(C)(C)C)C(CC1CCCC1)=C2. The number of rotatable bonds is 10. The molecule has 1 saturated carbocycles. The zero-order valence-corrected chi connectivity index (χ0v) is 22.2. The number of unbranched alkanes of at least 4 members (excludes halogenated alkanes) is 1. The molecule has 36 heavy (non-hydrogen) atoms. The monoisotopic (exact) mass is 492 g/mol. The highest BCUT2D eigenvalue weighted by molar-refractivity contribution is 5.87. The molecule has 4 rings (SSSR count). The molecule has 0 spiro atoms. The Morgan fingerprint density at radius 2 is 2.03 bits per heavy atom. The number of ether oxygens (including phenoxy) is 2. The first kappa shape index (κ1) is 26.2. The van der Waals surface area contributed by atoms with E-state index in [9.17, 15) is 9.59 Å². The predicted molar refractivity (Wildman–Crippen MR) is 140 cm³/mol. The third-order valence-corrected chi connectivity index (χ3v) is 7.53. The lowest BCUT2D eigenvalue weighted by Gasteiger charge is -2.37. The molecule has 6 nitrogen and oxygen atoms in total. The molecule has 0 amide bonds. The Morgan fingerprint density at radius 1 is 1.28 bits per heavy atom. The first-order chi connectivity index (χ1) is 17.2. The maximum atomic E-state index is 14.1. The highest BCUT2D eigenvalue weighted by Crippen LogP contribution is 2.61. The summed E-state index contributed by atoms with van der Waals surface area (Å²) in [5.74, 6) is 1.09. The van der Waals surface area contributed by atoms with Gasteiger partial charge >= 0.3 is 11.9 Å². The third-order valence-electron chi connectivity index (χ3n) is 7.53. The average Bonchev–Trinajstić information content (AvgIpc) is 3.59. The summed E-state index contributed by atoms with van der Waals surface area (Å²) in [7, 11) is 0. The van der Waals surface area contributed by atoms with E-state index in [0.29, 0.717) is 18.2 Å². The van der Waals surface area contributed by atoms with Crippen molar-refractivity contribution in [2.75, 3.05) is 0 Å². The lowest BCUT2D eigenvalue weighted by Crippen LogP contribution is -2.42. The number of nitrogens with zero attached hydrogens (tertiary/aromatic N) is 2. The summed E-state index contributed by atoms with van der Waals surface area (Å²) in [4.78, 5) is 31.3. The van der Waals surface area contributed by atoms with Crippen LogP contribution in [0, 0.1) is 11.3 Å². The van der Waals surface area contributed by atoms with Crippen LogP contribution in [0.15, 0.2) is 54.3 Å². The number of allylic oxidation sites excluding steroid dienone is 5. The molecule has 3 aliphatic carbocycles. The number of imidazole rings is 1. The summed E-state index contributed by atoms with van der Waals surface area (Å²) in [6.45, 7) is 11.5. The minimum atomic E-state index is -0.842. The second kappa shape index (κ2) is 10.6. The molecule has 0 aromatic carbocycles. The molecular weight excluding hydrogens is 452 g/mol. The molecular formula is C30H40N2O4. The van der Waals surface area contributed by atoms with Gasteiger partial charge in [0.2, 0.25) is 5.88 Å². The molecule has 1 aromatic rings. The normalized spacial score (nSPS) is 23.7. The largest absolute Gasteiger partial charge is 0.459 e. The number of hydrogen-bond donors (Lipinski definition) is 0. The second-order valence-corrected chi connectivity index (χ2v) is 11.3. The number of hydrogen-bond acceptors (Lipinski definition) is 5. The van der Waals surface area contributed by atoms with E-state index < -0.39 is 17.0 Å². The van der Waals surface area contributed by atoms with Gasteiger partial charge in [0.15, 0.2) is 0 Å². The van der Waals surface area contributed by atoms with Crippen molar-refractivity contribution in [1.29, 1.82) is 0 Å². The van der Waals surface area contributed by atoms with Crippen molar-refractivity contribution < 1.29 is 19.1 Å². The Labute approximate surface area is 215 Å². The van der Waals surface area contributed by atoms with E-state index in [1.807, 2.05) is 25.3 Å². The molecule has 194 valence electrons. The molecule has 1 heterocycles. The Hall–Kier alpha value is -2.89. The first-order valence-corrected chi connectivity index (χ1v) is 13.4. The van der Waals surface area contributed by atoms with E-state index in [2.05, 4.69) is 30.6 Å². The number of carbonyl (C=O) groups excluding carboxylic acids is 2. The Kier molecular flexibility index (Phi) is 7.72. The highest BCUT2D eigenvalue weighted by Gasteiger charge is 2.59. The Balaban J connectivity index is 1.78. The van der Waals surface area contributed by atoms with Crippen molar-refractivity contribution in [1.82, 2.24) is 9.55 Å². The van der Waals surface area contributed by atoms with Crippen LogP contribution in [0.1, 0.15) is 90.9 Å². The molecule has 0 saturated heterocycles. The van der Waals surface area contributed by atoms with Gasteiger partial charge in [-0.25, -0.2) is 9.78 Å². The van der Waals surface area contributed by atoms with Crippen molar-refractivity contribution in [3.8, 4) is 5.88 Å². The zero-order chi connectivity index (χ0) is 25.9. The number of esters is 2. The topological polar surface area (TPSA) is 70.4 Å². The van der Waals surface area contributed by atoms with Crippen molar-refractivity contribution in [3.05, 3.63) is 60.1 Å². The van der Waals surface area contributed by atoms with E-state index in [0.717, 1.165) is 42.7 Å². The van der Waals surface area contributed by atoms with Gasteiger partial charge < -0.3 is 9.47 Å². The van der Waals surface area contributed by atoms with Gasteiger partial charge in [0, 0.05) is 12.5 Å².